The molecule has 0 aromatic heterocycles. The fraction of sp³-hybridized carbons (Fsp3) is 0.894. The van der Waals surface area contributed by atoms with Gasteiger partial charge in [-0.25, -0.2) is 0 Å². The summed E-state index contributed by atoms with van der Waals surface area (Å²) in [5, 5.41) is 0. The SMILES string of the molecule is CCCCCCC/C=C\C/C=C\CCCCCCCCCCCCCC(=O)OCC(COC(=O)CCCCCCCCCCCCCC)OC(=O)CCCCCCCCCCCCCCCCCCCCC. The predicted octanol–water partition coefficient (Wildman–Crippen LogP) is 21.8. The molecule has 6 heteroatoms. The van der Waals surface area contributed by atoms with Crippen LogP contribution in [0.15, 0.2) is 24.3 Å². The molecule has 0 spiro atoms. The van der Waals surface area contributed by atoms with Crippen LogP contribution in [0.2, 0.25) is 0 Å². The third-order valence-electron chi connectivity index (χ3n) is 14.7. The van der Waals surface area contributed by atoms with Gasteiger partial charge >= 0.3 is 17.9 Å². The van der Waals surface area contributed by atoms with E-state index in [1.165, 1.54) is 257 Å². The molecule has 0 heterocycles. The summed E-state index contributed by atoms with van der Waals surface area (Å²) in [6.07, 6.45) is 73.3. The predicted molar refractivity (Wildman–Crippen MR) is 312 cm³/mol. The van der Waals surface area contributed by atoms with E-state index in [0.29, 0.717) is 19.3 Å². The lowest BCUT2D eigenvalue weighted by molar-refractivity contribution is -0.167. The van der Waals surface area contributed by atoms with Crippen LogP contribution in [-0.4, -0.2) is 37.2 Å². The topological polar surface area (TPSA) is 78.9 Å². The highest BCUT2D eigenvalue weighted by molar-refractivity contribution is 5.71. The average molecular weight is 1010 g/mol. The summed E-state index contributed by atoms with van der Waals surface area (Å²) in [6.45, 7) is 6.69. The van der Waals surface area contributed by atoms with Crippen LogP contribution in [0.3, 0.4) is 0 Å². The molecule has 0 aliphatic heterocycles. The molecule has 0 fully saturated rings. The van der Waals surface area contributed by atoms with Gasteiger partial charge in [0.1, 0.15) is 13.2 Å². The van der Waals surface area contributed by atoms with E-state index < -0.39 is 6.10 Å². The zero-order valence-electron chi connectivity index (χ0n) is 48.7. The molecular formula is C66H124O6. The first kappa shape index (κ1) is 69.9. The maximum Gasteiger partial charge on any atom is 0.306 e. The number of carbonyl (C=O) groups excluding carboxylic acids is 3. The quantitative estimate of drug-likeness (QED) is 0.0261. The number of ether oxygens (including phenoxy) is 3. The number of hydrogen-bond acceptors (Lipinski definition) is 6. The van der Waals surface area contributed by atoms with Crippen LogP contribution < -0.4 is 0 Å². The van der Waals surface area contributed by atoms with Crippen molar-refractivity contribution in [2.45, 2.75) is 367 Å². The van der Waals surface area contributed by atoms with Gasteiger partial charge < -0.3 is 14.2 Å². The minimum absolute atomic E-state index is 0.0654. The van der Waals surface area contributed by atoms with Gasteiger partial charge in [0.25, 0.3) is 0 Å². The molecule has 424 valence electrons. The number of unbranched alkanes of at least 4 members (excludes halogenated alkanes) is 45. The summed E-state index contributed by atoms with van der Waals surface area (Å²) >= 11 is 0. The molecule has 0 rings (SSSR count). The second-order valence-corrected chi connectivity index (χ2v) is 22.0. The van der Waals surface area contributed by atoms with Crippen molar-refractivity contribution < 1.29 is 28.6 Å². The van der Waals surface area contributed by atoms with Gasteiger partial charge in [-0.05, 0) is 51.4 Å². The molecule has 0 bridgehead atoms. The normalized spacial score (nSPS) is 12.1. The molecule has 1 unspecified atom stereocenters. The van der Waals surface area contributed by atoms with E-state index in [1.807, 2.05) is 0 Å². The van der Waals surface area contributed by atoms with Crippen LogP contribution in [0.5, 0.6) is 0 Å². The van der Waals surface area contributed by atoms with E-state index in [4.69, 9.17) is 14.2 Å². The lowest BCUT2D eigenvalue weighted by Crippen LogP contribution is -2.30. The summed E-state index contributed by atoms with van der Waals surface area (Å²) in [5.74, 6) is -0.840. The van der Waals surface area contributed by atoms with E-state index >= 15 is 0 Å². The van der Waals surface area contributed by atoms with Gasteiger partial charge in [0, 0.05) is 19.3 Å². The molecule has 0 N–H and O–H groups in total. The zero-order valence-corrected chi connectivity index (χ0v) is 48.7. The van der Waals surface area contributed by atoms with Crippen molar-refractivity contribution in [3.8, 4) is 0 Å². The third-order valence-corrected chi connectivity index (χ3v) is 14.7. The van der Waals surface area contributed by atoms with Crippen molar-refractivity contribution in [1.29, 1.82) is 0 Å². The van der Waals surface area contributed by atoms with Crippen molar-refractivity contribution in [1.82, 2.24) is 0 Å². The summed E-state index contributed by atoms with van der Waals surface area (Å²) in [5.41, 5.74) is 0. The van der Waals surface area contributed by atoms with Crippen molar-refractivity contribution in [3.63, 3.8) is 0 Å². The standard InChI is InChI=1S/C66H124O6/c1-4-7-10-13-16-19-22-25-27-29-31-32-33-34-36-37-39-41-44-47-50-53-56-59-65(68)71-62-63(61-70-64(67)58-55-52-49-46-43-24-21-18-15-12-9-6-3)72-66(69)60-57-54-51-48-45-42-40-38-35-30-28-26-23-20-17-14-11-8-5-2/h22,25,29,31,63H,4-21,23-24,26-28,30,32-62H2,1-3H3/b25-22-,31-29-. The Morgan fingerprint density at radius 3 is 0.764 bits per heavy atom. The highest BCUT2D eigenvalue weighted by Crippen LogP contribution is 2.18. The van der Waals surface area contributed by atoms with Gasteiger partial charge in [-0.3, -0.25) is 14.4 Å². The second-order valence-electron chi connectivity index (χ2n) is 22.0. The highest BCUT2D eigenvalue weighted by Gasteiger charge is 2.19. The second kappa shape index (κ2) is 61.4. The molecule has 0 saturated heterocycles. The van der Waals surface area contributed by atoms with Gasteiger partial charge in [0.2, 0.25) is 0 Å². The number of hydrogen-bond donors (Lipinski definition) is 0. The Labute approximate surface area is 449 Å². The zero-order chi connectivity index (χ0) is 52.2. The molecule has 0 aliphatic carbocycles. The van der Waals surface area contributed by atoms with Crippen LogP contribution >= 0.6 is 0 Å². The Kier molecular flexibility index (Phi) is 59.6. The summed E-state index contributed by atoms with van der Waals surface area (Å²) in [4.78, 5) is 38.3. The number of allylic oxidation sites excluding steroid dienone is 4. The first-order valence-electron chi connectivity index (χ1n) is 32.3. The average Bonchev–Trinajstić information content (AvgIpc) is 3.38. The van der Waals surface area contributed by atoms with E-state index in [-0.39, 0.29) is 31.1 Å². The van der Waals surface area contributed by atoms with Crippen LogP contribution in [0.25, 0.3) is 0 Å². The Hall–Kier alpha value is -2.11. The summed E-state index contributed by atoms with van der Waals surface area (Å²) in [7, 11) is 0. The van der Waals surface area contributed by atoms with E-state index in [2.05, 4.69) is 45.1 Å². The highest BCUT2D eigenvalue weighted by atomic mass is 16.6. The number of rotatable bonds is 60. The Balaban J connectivity index is 4.24. The maximum absolute atomic E-state index is 12.9. The molecule has 0 aromatic rings. The molecule has 72 heavy (non-hydrogen) atoms. The smallest absolute Gasteiger partial charge is 0.306 e. The molecular weight excluding hydrogens is 889 g/mol. The Bertz CT molecular complexity index is 1160. The maximum atomic E-state index is 12.9. The Morgan fingerprint density at radius 2 is 0.500 bits per heavy atom. The van der Waals surface area contributed by atoms with Crippen molar-refractivity contribution >= 4 is 17.9 Å². The van der Waals surface area contributed by atoms with Gasteiger partial charge in [-0.2, -0.15) is 0 Å². The van der Waals surface area contributed by atoms with Gasteiger partial charge in [-0.1, -0.05) is 315 Å². The van der Waals surface area contributed by atoms with Crippen molar-refractivity contribution in [2.24, 2.45) is 0 Å². The van der Waals surface area contributed by atoms with E-state index in [1.54, 1.807) is 0 Å². The molecule has 0 amide bonds. The largest absolute Gasteiger partial charge is 0.462 e. The van der Waals surface area contributed by atoms with Crippen molar-refractivity contribution in [2.75, 3.05) is 13.2 Å². The minimum atomic E-state index is -0.767. The fourth-order valence-electron chi connectivity index (χ4n) is 9.83. The molecule has 6 nitrogen and oxygen atoms in total. The number of esters is 3. The van der Waals surface area contributed by atoms with E-state index in [0.717, 1.165) is 64.2 Å². The molecule has 0 radical (unpaired) electrons. The monoisotopic (exact) mass is 1010 g/mol. The number of carbonyl (C=O) groups is 3. The van der Waals surface area contributed by atoms with Crippen LogP contribution in [0, 0.1) is 0 Å². The summed E-state index contributed by atoms with van der Waals surface area (Å²) < 4.78 is 16.9. The summed E-state index contributed by atoms with van der Waals surface area (Å²) in [6, 6.07) is 0. The van der Waals surface area contributed by atoms with Gasteiger partial charge in [0.15, 0.2) is 6.10 Å². The molecule has 1 atom stereocenters. The first-order valence-corrected chi connectivity index (χ1v) is 32.3. The Morgan fingerprint density at radius 1 is 0.278 bits per heavy atom. The third kappa shape index (κ3) is 58.8. The lowest BCUT2D eigenvalue weighted by atomic mass is 10.0. The van der Waals surface area contributed by atoms with E-state index in [9.17, 15) is 14.4 Å². The molecule has 0 aromatic carbocycles. The first-order chi connectivity index (χ1) is 35.5. The fourth-order valence-corrected chi connectivity index (χ4v) is 9.83. The van der Waals surface area contributed by atoms with Gasteiger partial charge in [0.05, 0.1) is 0 Å². The molecule has 0 saturated carbocycles. The lowest BCUT2D eigenvalue weighted by Gasteiger charge is -2.18. The minimum Gasteiger partial charge on any atom is -0.462 e. The van der Waals surface area contributed by atoms with Crippen LogP contribution in [0.1, 0.15) is 361 Å². The van der Waals surface area contributed by atoms with Gasteiger partial charge in [-0.15, -0.1) is 0 Å². The van der Waals surface area contributed by atoms with Crippen LogP contribution in [0.4, 0.5) is 0 Å². The van der Waals surface area contributed by atoms with Crippen molar-refractivity contribution in [3.05, 3.63) is 24.3 Å². The molecule has 0 aliphatic rings. The van der Waals surface area contributed by atoms with Crippen LogP contribution in [-0.2, 0) is 28.6 Å².